The Morgan fingerprint density at radius 3 is 2.76 bits per heavy atom. The van der Waals surface area contributed by atoms with Gasteiger partial charge in [0.2, 0.25) is 5.91 Å². The molecule has 1 amide bonds. The van der Waals surface area contributed by atoms with E-state index in [1.807, 2.05) is 0 Å². The van der Waals surface area contributed by atoms with Crippen LogP contribution in [0.15, 0.2) is 24.3 Å². The minimum absolute atomic E-state index is 0.265. The van der Waals surface area contributed by atoms with Crippen molar-refractivity contribution in [2.24, 2.45) is 0 Å². The molecule has 1 heterocycles. The van der Waals surface area contributed by atoms with Crippen LogP contribution in [-0.4, -0.2) is 5.91 Å². The highest BCUT2D eigenvalue weighted by atomic mass is 35.5. The van der Waals surface area contributed by atoms with Gasteiger partial charge < -0.3 is 5.32 Å². The number of benzene rings is 1. The molecule has 1 aromatic carbocycles. The molecule has 0 atom stereocenters. The van der Waals surface area contributed by atoms with Crippen LogP contribution < -0.4 is 5.32 Å². The summed E-state index contributed by atoms with van der Waals surface area (Å²) in [4.78, 5) is 13.5. The zero-order valence-corrected chi connectivity index (χ0v) is 15.8. The van der Waals surface area contributed by atoms with Crippen LogP contribution in [0.1, 0.15) is 40.8 Å². The summed E-state index contributed by atoms with van der Waals surface area (Å²) in [5, 5.41) is 13.9. The SMILES string of the molecule is N#Cc1c(NC(=O)C=Cc2ccc(Cl)c(Cl)c2)sc2c1CCCCC2. The van der Waals surface area contributed by atoms with Gasteiger partial charge in [0.1, 0.15) is 11.1 Å². The molecule has 1 aromatic heterocycles. The summed E-state index contributed by atoms with van der Waals surface area (Å²) in [6, 6.07) is 7.43. The number of carbonyl (C=O) groups excluding carboxylic acids is 1. The van der Waals surface area contributed by atoms with E-state index in [-0.39, 0.29) is 5.91 Å². The lowest BCUT2D eigenvalue weighted by Crippen LogP contribution is -2.07. The van der Waals surface area contributed by atoms with Crippen molar-refractivity contribution < 1.29 is 4.79 Å². The predicted octanol–water partition coefficient (Wildman–Crippen LogP) is 5.85. The molecule has 128 valence electrons. The first-order valence-corrected chi connectivity index (χ1v) is 9.64. The van der Waals surface area contributed by atoms with Crippen LogP contribution in [0.4, 0.5) is 5.00 Å². The zero-order valence-electron chi connectivity index (χ0n) is 13.4. The summed E-state index contributed by atoms with van der Waals surface area (Å²) in [5.74, 6) is -0.265. The average Bonchev–Trinajstić information content (AvgIpc) is 2.76. The van der Waals surface area contributed by atoms with Gasteiger partial charge in [0, 0.05) is 11.0 Å². The van der Waals surface area contributed by atoms with Gasteiger partial charge in [-0.2, -0.15) is 5.26 Å². The molecule has 1 aliphatic carbocycles. The van der Waals surface area contributed by atoms with E-state index in [1.165, 1.54) is 28.7 Å². The molecule has 0 radical (unpaired) electrons. The number of anilines is 1. The molecule has 1 aliphatic rings. The van der Waals surface area contributed by atoms with Crippen molar-refractivity contribution in [2.75, 3.05) is 5.32 Å². The van der Waals surface area contributed by atoms with Crippen molar-refractivity contribution >= 4 is 51.5 Å². The second-order valence-electron chi connectivity index (χ2n) is 5.88. The van der Waals surface area contributed by atoms with Gasteiger partial charge >= 0.3 is 0 Å². The molecule has 0 saturated heterocycles. The number of aryl methyl sites for hydroxylation is 1. The lowest BCUT2D eigenvalue weighted by molar-refractivity contribution is -0.111. The van der Waals surface area contributed by atoms with Crippen molar-refractivity contribution in [1.82, 2.24) is 0 Å². The Balaban J connectivity index is 1.76. The Kier molecular flexibility index (Phi) is 5.80. The standard InChI is InChI=1S/C19H16Cl2N2OS/c20-15-8-6-12(10-16(15)21)7-9-18(24)23-19-14(11-22)13-4-2-1-3-5-17(13)25-19/h6-10H,1-5H2,(H,23,24). The predicted molar refractivity (Wildman–Crippen MR) is 104 cm³/mol. The van der Waals surface area contributed by atoms with Crippen molar-refractivity contribution in [3.8, 4) is 6.07 Å². The van der Waals surface area contributed by atoms with Gasteiger partial charge in [-0.25, -0.2) is 0 Å². The molecule has 25 heavy (non-hydrogen) atoms. The molecule has 3 rings (SSSR count). The van der Waals surface area contributed by atoms with E-state index in [0.29, 0.717) is 20.6 Å². The second kappa shape index (κ2) is 8.05. The van der Waals surface area contributed by atoms with Crippen molar-refractivity contribution in [2.45, 2.75) is 32.1 Å². The summed E-state index contributed by atoms with van der Waals surface area (Å²) in [7, 11) is 0. The molecule has 2 aromatic rings. The Morgan fingerprint density at radius 2 is 2.00 bits per heavy atom. The summed E-state index contributed by atoms with van der Waals surface area (Å²) < 4.78 is 0. The van der Waals surface area contributed by atoms with Crippen LogP contribution in [-0.2, 0) is 17.6 Å². The van der Waals surface area contributed by atoms with E-state index in [1.54, 1.807) is 24.3 Å². The van der Waals surface area contributed by atoms with Crippen molar-refractivity contribution in [3.63, 3.8) is 0 Å². The third kappa shape index (κ3) is 4.24. The van der Waals surface area contributed by atoms with E-state index in [4.69, 9.17) is 23.2 Å². The number of halogens is 2. The maximum Gasteiger partial charge on any atom is 0.249 e. The number of thiophene rings is 1. The number of hydrogen-bond donors (Lipinski definition) is 1. The fourth-order valence-corrected chi connectivity index (χ4v) is 4.44. The fourth-order valence-electron chi connectivity index (χ4n) is 2.89. The first-order valence-electron chi connectivity index (χ1n) is 8.07. The normalized spacial score (nSPS) is 14.0. The first kappa shape index (κ1) is 18.0. The highest BCUT2D eigenvalue weighted by Gasteiger charge is 2.20. The molecular formula is C19H16Cl2N2OS. The van der Waals surface area contributed by atoms with Crippen molar-refractivity contribution in [1.29, 1.82) is 5.26 Å². The Hall–Kier alpha value is -1.80. The number of fused-ring (bicyclic) bond motifs is 1. The van der Waals surface area contributed by atoms with Crippen LogP contribution in [0, 0.1) is 11.3 Å². The van der Waals surface area contributed by atoms with Crippen LogP contribution in [0.25, 0.3) is 6.08 Å². The van der Waals surface area contributed by atoms with E-state index < -0.39 is 0 Å². The highest BCUT2D eigenvalue weighted by Crippen LogP contribution is 2.37. The molecular weight excluding hydrogens is 375 g/mol. The summed E-state index contributed by atoms with van der Waals surface area (Å²) >= 11 is 13.4. The topological polar surface area (TPSA) is 52.9 Å². The molecule has 0 saturated carbocycles. The summed E-state index contributed by atoms with van der Waals surface area (Å²) in [5.41, 5.74) is 2.53. The minimum atomic E-state index is -0.265. The first-order chi connectivity index (χ1) is 12.1. The summed E-state index contributed by atoms with van der Waals surface area (Å²) in [6.07, 6.45) is 8.45. The Labute approximate surface area is 160 Å². The lowest BCUT2D eigenvalue weighted by atomic mass is 10.1. The number of nitrogens with zero attached hydrogens (tertiary/aromatic N) is 1. The Bertz CT molecular complexity index is 880. The number of hydrogen-bond acceptors (Lipinski definition) is 3. The van der Waals surface area contributed by atoms with Gasteiger partial charge in [-0.15, -0.1) is 11.3 Å². The van der Waals surface area contributed by atoms with Crippen LogP contribution >= 0.6 is 34.5 Å². The highest BCUT2D eigenvalue weighted by molar-refractivity contribution is 7.16. The van der Waals surface area contributed by atoms with Gasteiger partial charge in [-0.3, -0.25) is 4.79 Å². The third-order valence-electron chi connectivity index (χ3n) is 4.14. The minimum Gasteiger partial charge on any atom is -0.313 e. The van der Waals surface area contributed by atoms with E-state index >= 15 is 0 Å². The molecule has 0 unspecified atom stereocenters. The zero-order chi connectivity index (χ0) is 17.8. The Morgan fingerprint density at radius 1 is 1.20 bits per heavy atom. The quantitative estimate of drug-likeness (QED) is 0.527. The van der Waals surface area contributed by atoms with Crippen LogP contribution in [0.5, 0.6) is 0 Å². The number of carbonyl (C=O) groups is 1. The monoisotopic (exact) mass is 390 g/mol. The number of amides is 1. The number of nitrogens with one attached hydrogen (secondary N) is 1. The van der Waals surface area contributed by atoms with Crippen LogP contribution in [0.2, 0.25) is 10.0 Å². The number of rotatable bonds is 3. The van der Waals surface area contributed by atoms with Gasteiger partial charge in [-0.1, -0.05) is 35.7 Å². The van der Waals surface area contributed by atoms with E-state index in [9.17, 15) is 10.1 Å². The molecule has 3 nitrogen and oxygen atoms in total. The van der Waals surface area contributed by atoms with E-state index in [2.05, 4.69) is 11.4 Å². The molecule has 0 bridgehead atoms. The smallest absolute Gasteiger partial charge is 0.249 e. The fraction of sp³-hybridized carbons (Fsp3) is 0.263. The van der Waals surface area contributed by atoms with Crippen LogP contribution in [0.3, 0.4) is 0 Å². The maximum atomic E-state index is 12.2. The molecule has 1 N–H and O–H groups in total. The molecule has 0 fully saturated rings. The van der Waals surface area contributed by atoms with Gasteiger partial charge in [0.25, 0.3) is 0 Å². The molecule has 6 heteroatoms. The largest absolute Gasteiger partial charge is 0.313 e. The van der Waals surface area contributed by atoms with Gasteiger partial charge in [0.05, 0.1) is 15.6 Å². The van der Waals surface area contributed by atoms with Gasteiger partial charge in [-0.05, 0) is 55.0 Å². The summed E-state index contributed by atoms with van der Waals surface area (Å²) in [6.45, 7) is 0. The number of nitriles is 1. The van der Waals surface area contributed by atoms with Crippen molar-refractivity contribution in [3.05, 3.63) is 55.9 Å². The third-order valence-corrected chi connectivity index (χ3v) is 6.09. The van der Waals surface area contributed by atoms with E-state index in [0.717, 1.165) is 36.8 Å². The van der Waals surface area contributed by atoms with Gasteiger partial charge in [0.15, 0.2) is 0 Å². The molecule has 0 aliphatic heterocycles. The maximum absolute atomic E-state index is 12.2. The lowest BCUT2D eigenvalue weighted by Gasteiger charge is -2.01. The molecule has 0 spiro atoms. The average molecular weight is 391 g/mol. The second-order valence-corrected chi connectivity index (χ2v) is 7.80.